The molecule has 0 aliphatic rings. The number of aliphatic hydroxyl groups is 1. The molecule has 0 aliphatic heterocycles. The minimum absolute atomic E-state index is 0.0826. The van der Waals surface area contributed by atoms with Gasteiger partial charge in [-0.05, 0) is 36.5 Å². The molecule has 0 radical (unpaired) electrons. The maximum Gasteiger partial charge on any atom is 0.251 e. The summed E-state index contributed by atoms with van der Waals surface area (Å²) in [5.74, 6) is -0.112. The Bertz CT molecular complexity index is 405. The first-order valence-electron chi connectivity index (χ1n) is 6.09. The molecule has 0 spiro atoms. The molecule has 0 bridgehead atoms. The highest BCUT2D eigenvalue weighted by Gasteiger charge is 2.15. The van der Waals surface area contributed by atoms with Gasteiger partial charge in [0.1, 0.15) is 0 Å². The first kappa shape index (κ1) is 15.0. The van der Waals surface area contributed by atoms with Crippen LogP contribution in [0.5, 0.6) is 0 Å². The maximum absolute atomic E-state index is 11.8. The van der Waals surface area contributed by atoms with E-state index in [0.717, 1.165) is 12.8 Å². The second-order valence-electron chi connectivity index (χ2n) is 5.19. The third-order valence-electron chi connectivity index (χ3n) is 2.83. The summed E-state index contributed by atoms with van der Waals surface area (Å²) in [5.41, 5.74) is 0.491. The minimum Gasteiger partial charge on any atom is -0.396 e. The smallest absolute Gasteiger partial charge is 0.251 e. The third-order valence-corrected chi connectivity index (χ3v) is 3.07. The summed E-state index contributed by atoms with van der Waals surface area (Å²) in [6.45, 7) is 4.78. The number of hydrogen-bond acceptors (Lipinski definition) is 2. The van der Waals surface area contributed by atoms with Gasteiger partial charge < -0.3 is 10.4 Å². The van der Waals surface area contributed by atoms with Crippen molar-refractivity contribution >= 4 is 17.5 Å². The van der Waals surface area contributed by atoms with Gasteiger partial charge in [0.25, 0.3) is 5.91 Å². The van der Waals surface area contributed by atoms with Gasteiger partial charge in [0.15, 0.2) is 0 Å². The van der Waals surface area contributed by atoms with Crippen molar-refractivity contribution < 1.29 is 9.90 Å². The van der Waals surface area contributed by atoms with Crippen LogP contribution >= 0.6 is 11.6 Å². The molecule has 18 heavy (non-hydrogen) atoms. The number of aliphatic hydroxyl groups excluding tert-OH is 1. The number of nitrogens with one attached hydrogen (secondary N) is 1. The summed E-state index contributed by atoms with van der Waals surface area (Å²) in [6, 6.07) is 6.88. The number of carbonyl (C=O) groups excluding carboxylic acids is 1. The van der Waals surface area contributed by atoms with Gasteiger partial charge in [-0.3, -0.25) is 4.79 Å². The van der Waals surface area contributed by atoms with Gasteiger partial charge in [0.05, 0.1) is 0 Å². The highest BCUT2D eigenvalue weighted by Crippen LogP contribution is 2.20. The Morgan fingerprint density at radius 3 is 2.78 bits per heavy atom. The van der Waals surface area contributed by atoms with E-state index in [4.69, 9.17) is 16.7 Å². The summed E-state index contributed by atoms with van der Waals surface area (Å²) < 4.78 is 0. The molecular weight excluding hydrogens is 250 g/mol. The Morgan fingerprint density at radius 2 is 2.17 bits per heavy atom. The van der Waals surface area contributed by atoms with E-state index in [1.807, 2.05) is 13.8 Å². The van der Waals surface area contributed by atoms with Crippen LogP contribution in [0.2, 0.25) is 5.02 Å². The zero-order chi connectivity index (χ0) is 13.6. The van der Waals surface area contributed by atoms with Crippen molar-refractivity contribution in [3.8, 4) is 0 Å². The van der Waals surface area contributed by atoms with Crippen LogP contribution in [0.25, 0.3) is 0 Å². The van der Waals surface area contributed by atoms with Crippen LogP contribution in [0.1, 0.15) is 37.0 Å². The van der Waals surface area contributed by atoms with E-state index in [9.17, 15) is 4.79 Å². The molecular formula is C14H20ClNO2. The van der Waals surface area contributed by atoms with Crippen LogP contribution < -0.4 is 5.32 Å². The summed E-state index contributed by atoms with van der Waals surface area (Å²) >= 11 is 5.82. The van der Waals surface area contributed by atoms with Crippen LogP contribution in [0.4, 0.5) is 0 Å². The van der Waals surface area contributed by atoms with E-state index >= 15 is 0 Å². The average molecular weight is 270 g/mol. The fourth-order valence-corrected chi connectivity index (χ4v) is 1.77. The fraction of sp³-hybridized carbons (Fsp3) is 0.500. The highest BCUT2D eigenvalue weighted by atomic mass is 35.5. The molecule has 0 saturated carbocycles. The molecule has 0 aliphatic carbocycles. The minimum atomic E-state index is -0.112. The Hall–Kier alpha value is -1.06. The van der Waals surface area contributed by atoms with Crippen molar-refractivity contribution in [3.63, 3.8) is 0 Å². The van der Waals surface area contributed by atoms with Gasteiger partial charge in [-0.25, -0.2) is 0 Å². The Labute approximate surface area is 113 Å². The van der Waals surface area contributed by atoms with E-state index in [2.05, 4.69) is 5.32 Å². The third kappa shape index (κ3) is 5.07. The van der Waals surface area contributed by atoms with E-state index in [-0.39, 0.29) is 17.9 Å². The molecule has 0 fully saturated rings. The monoisotopic (exact) mass is 269 g/mol. The number of halogens is 1. The first-order chi connectivity index (χ1) is 8.44. The van der Waals surface area contributed by atoms with Gasteiger partial charge in [0, 0.05) is 23.7 Å². The van der Waals surface area contributed by atoms with Crippen LogP contribution in [-0.4, -0.2) is 24.2 Å². The normalized spacial score (nSPS) is 11.3. The number of amides is 1. The lowest BCUT2D eigenvalue weighted by molar-refractivity contribution is 0.0948. The maximum atomic E-state index is 11.8. The molecule has 100 valence electrons. The van der Waals surface area contributed by atoms with E-state index < -0.39 is 0 Å². The van der Waals surface area contributed by atoms with Crippen LogP contribution in [0, 0.1) is 5.41 Å². The Balaban J connectivity index is 2.34. The first-order valence-corrected chi connectivity index (χ1v) is 6.47. The Morgan fingerprint density at radius 1 is 1.44 bits per heavy atom. The molecule has 1 aromatic rings. The van der Waals surface area contributed by atoms with E-state index in [0.29, 0.717) is 17.1 Å². The quantitative estimate of drug-likeness (QED) is 0.780. The van der Waals surface area contributed by atoms with Gasteiger partial charge in [-0.2, -0.15) is 0 Å². The summed E-state index contributed by atoms with van der Waals surface area (Å²) in [7, 11) is 0. The average Bonchev–Trinajstić information content (AvgIpc) is 2.34. The molecule has 0 unspecified atom stereocenters. The molecule has 3 nitrogen and oxygen atoms in total. The zero-order valence-electron chi connectivity index (χ0n) is 10.9. The van der Waals surface area contributed by atoms with Gasteiger partial charge in [-0.1, -0.05) is 31.5 Å². The predicted octanol–water partition coefficient (Wildman–Crippen LogP) is 2.87. The van der Waals surface area contributed by atoms with Gasteiger partial charge in [0.2, 0.25) is 0 Å². The topological polar surface area (TPSA) is 49.3 Å². The molecule has 2 N–H and O–H groups in total. The SMILES string of the molecule is CC(C)(CO)CCCNC(=O)c1cccc(Cl)c1. The largest absolute Gasteiger partial charge is 0.396 e. The molecule has 1 amide bonds. The zero-order valence-corrected chi connectivity index (χ0v) is 11.6. The fourth-order valence-electron chi connectivity index (χ4n) is 1.58. The molecule has 0 aromatic heterocycles. The predicted molar refractivity (Wildman–Crippen MR) is 73.9 cm³/mol. The Kier molecular flexibility index (Phi) is 5.63. The number of rotatable bonds is 6. The lowest BCUT2D eigenvalue weighted by atomic mass is 9.89. The summed E-state index contributed by atoms with van der Waals surface area (Å²) in [6.07, 6.45) is 1.72. The second-order valence-corrected chi connectivity index (χ2v) is 5.63. The molecule has 0 atom stereocenters. The van der Waals surface area contributed by atoms with Crippen LogP contribution in [0.15, 0.2) is 24.3 Å². The lowest BCUT2D eigenvalue weighted by Gasteiger charge is -2.21. The number of carbonyl (C=O) groups is 1. The van der Waals surface area contributed by atoms with Crippen LogP contribution in [-0.2, 0) is 0 Å². The van der Waals surface area contributed by atoms with Crippen molar-refractivity contribution in [1.82, 2.24) is 5.32 Å². The summed E-state index contributed by atoms with van der Waals surface area (Å²) in [4.78, 5) is 11.8. The van der Waals surface area contributed by atoms with Gasteiger partial charge >= 0.3 is 0 Å². The highest BCUT2D eigenvalue weighted by molar-refractivity contribution is 6.30. The van der Waals surface area contributed by atoms with Gasteiger partial charge in [-0.15, -0.1) is 0 Å². The molecule has 1 rings (SSSR count). The van der Waals surface area contributed by atoms with Crippen molar-refractivity contribution in [2.45, 2.75) is 26.7 Å². The van der Waals surface area contributed by atoms with Crippen molar-refractivity contribution in [2.24, 2.45) is 5.41 Å². The molecule has 0 heterocycles. The standard InChI is InChI=1S/C14H20ClNO2/c1-14(2,10-17)7-4-8-16-13(18)11-5-3-6-12(15)9-11/h3,5-6,9,17H,4,7-8,10H2,1-2H3,(H,16,18). The number of hydrogen-bond donors (Lipinski definition) is 2. The second kappa shape index (κ2) is 6.76. The molecule has 4 heteroatoms. The van der Waals surface area contributed by atoms with E-state index in [1.54, 1.807) is 24.3 Å². The van der Waals surface area contributed by atoms with Crippen molar-refractivity contribution in [3.05, 3.63) is 34.9 Å². The molecule has 0 saturated heterocycles. The van der Waals surface area contributed by atoms with Crippen molar-refractivity contribution in [1.29, 1.82) is 0 Å². The van der Waals surface area contributed by atoms with E-state index in [1.165, 1.54) is 0 Å². The molecule has 1 aromatic carbocycles. The summed E-state index contributed by atoms with van der Waals surface area (Å²) in [5, 5.41) is 12.5. The van der Waals surface area contributed by atoms with Crippen LogP contribution in [0.3, 0.4) is 0 Å². The van der Waals surface area contributed by atoms with Crippen molar-refractivity contribution in [2.75, 3.05) is 13.2 Å². The lowest BCUT2D eigenvalue weighted by Crippen LogP contribution is -2.26. The number of benzene rings is 1.